The summed E-state index contributed by atoms with van der Waals surface area (Å²) in [7, 11) is 4.54. The van der Waals surface area contributed by atoms with Crippen molar-refractivity contribution in [2.24, 2.45) is 0 Å². The highest BCUT2D eigenvalue weighted by Gasteiger charge is 2.14. The molecular formula is C22H25NO7. The van der Waals surface area contributed by atoms with Gasteiger partial charge in [0.25, 0.3) is 5.91 Å². The molecule has 1 N–H and O–H groups in total. The van der Waals surface area contributed by atoms with Gasteiger partial charge in [0, 0.05) is 17.7 Å². The molecule has 0 aliphatic heterocycles. The number of Topliss-reactive ketones (excluding diaryl/α,β-unsaturated/α-hetero) is 1. The molecular weight excluding hydrogens is 390 g/mol. The zero-order chi connectivity index (χ0) is 22.1. The third-order valence-electron chi connectivity index (χ3n) is 4.32. The molecule has 0 spiro atoms. The van der Waals surface area contributed by atoms with Crippen LogP contribution >= 0.6 is 0 Å². The Balaban J connectivity index is 1.87. The molecule has 8 nitrogen and oxygen atoms in total. The first-order chi connectivity index (χ1) is 14.4. The Labute approximate surface area is 175 Å². The van der Waals surface area contributed by atoms with Gasteiger partial charge in [-0.1, -0.05) is 6.07 Å². The van der Waals surface area contributed by atoms with Crippen molar-refractivity contribution < 1.29 is 33.3 Å². The number of rotatable bonds is 10. The van der Waals surface area contributed by atoms with E-state index in [2.05, 4.69) is 5.32 Å². The first-order valence-corrected chi connectivity index (χ1v) is 9.19. The van der Waals surface area contributed by atoms with Gasteiger partial charge in [0.05, 0.1) is 27.8 Å². The van der Waals surface area contributed by atoms with Gasteiger partial charge < -0.3 is 24.3 Å². The van der Waals surface area contributed by atoms with Crippen LogP contribution in [0.1, 0.15) is 28.4 Å². The summed E-state index contributed by atoms with van der Waals surface area (Å²) in [6, 6.07) is 10.1. The van der Waals surface area contributed by atoms with E-state index in [9.17, 15) is 14.4 Å². The Morgan fingerprint density at radius 3 is 2.17 bits per heavy atom. The van der Waals surface area contributed by atoms with E-state index < -0.39 is 18.5 Å². The molecule has 0 aliphatic rings. The predicted octanol–water partition coefficient (Wildman–Crippen LogP) is 2.32. The van der Waals surface area contributed by atoms with Crippen LogP contribution in [0.5, 0.6) is 17.2 Å². The third kappa shape index (κ3) is 6.23. The number of methoxy groups -OCH3 is 3. The highest BCUT2D eigenvalue weighted by Crippen LogP contribution is 2.27. The van der Waals surface area contributed by atoms with Crippen molar-refractivity contribution in [3.8, 4) is 17.2 Å². The van der Waals surface area contributed by atoms with Gasteiger partial charge in [-0.05, 0) is 42.8 Å². The molecule has 160 valence electrons. The smallest absolute Gasteiger partial charge is 0.310 e. The van der Waals surface area contributed by atoms with Gasteiger partial charge in [0.15, 0.2) is 23.9 Å². The normalized spacial score (nSPS) is 10.1. The average Bonchev–Trinajstić information content (AvgIpc) is 2.75. The van der Waals surface area contributed by atoms with E-state index >= 15 is 0 Å². The quantitative estimate of drug-likeness (QED) is 0.469. The minimum absolute atomic E-state index is 0.118. The van der Waals surface area contributed by atoms with Crippen molar-refractivity contribution in [3.63, 3.8) is 0 Å². The van der Waals surface area contributed by atoms with Crippen LogP contribution in [0.25, 0.3) is 0 Å². The summed E-state index contributed by atoms with van der Waals surface area (Å²) >= 11 is 0. The van der Waals surface area contributed by atoms with Gasteiger partial charge in [-0.15, -0.1) is 0 Å². The number of benzene rings is 2. The van der Waals surface area contributed by atoms with Crippen molar-refractivity contribution in [2.45, 2.75) is 19.9 Å². The van der Waals surface area contributed by atoms with Gasteiger partial charge in [0.1, 0.15) is 5.75 Å². The van der Waals surface area contributed by atoms with Gasteiger partial charge in [-0.2, -0.15) is 0 Å². The SMILES string of the molecule is COc1ccc(C(C)=O)cc1CC(=O)OCC(=O)NCc1ccc(OC)c(OC)c1. The first-order valence-electron chi connectivity index (χ1n) is 9.19. The van der Waals surface area contributed by atoms with Crippen molar-refractivity contribution in [1.82, 2.24) is 5.32 Å². The maximum absolute atomic E-state index is 12.1. The second-order valence-electron chi connectivity index (χ2n) is 6.39. The number of ether oxygens (including phenoxy) is 4. The van der Waals surface area contributed by atoms with Crippen LogP contribution in [0.3, 0.4) is 0 Å². The molecule has 2 rings (SSSR count). The van der Waals surface area contributed by atoms with Crippen molar-refractivity contribution in [3.05, 3.63) is 53.1 Å². The number of amides is 1. The minimum Gasteiger partial charge on any atom is -0.496 e. The maximum Gasteiger partial charge on any atom is 0.310 e. The fourth-order valence-electron chi connectivity index (χ4n) is 2.73. The molecule has 0 saturated carbocycles. The molecule has 8 heteroatoms. The van der Waals surface area contributed by atoms with Gasteiger partial charge in [-0.25, -0.2) is 0 Å². The summed E-state index contributed by atoms with van der Waals surface area (Å²) in [5.41, 5.74) is 1.78. The summed E-state index contributed by atoms with van der Waals surface area (Å²) in [6.45, 7) is 1.26. The second kappa shape index (κ2) is 10.8. The van der Waals surface area contributed by atoms with E-state index in [1.807, 2.05) is 0 Å². The molecule has 2 aromatic rings. The Morgan fingerprint density at radius 2 is 1.53 bits per heavy atom. The molecule has 0 bridgehead atoms. The summed E-state index contributed by atoms with van der Waals surface area (Å²) < 4.78 is 20.6. The van der Waals surface area contributed by atoms with Crippen LogP contribution in [-0.4, -0.2) is 45.6 Å². The largest absolute Gasteiger partial charge is 0.496 e. The molecule has 0 fully saturated rings. The van der Waals surface area contributed by atoms with Crippen molar-refractivity contribution in [1.29, 1.82) is 0 Å². The molecule has 1 amide bonds. The highest BCUT2D eigenvalue weighted by molar-refractivity contribution is 5.94. The molecule has 0 saturated heterocycles. The summed E-state index contributed by atoms with van der Waals surface area (Å²) in [5, 5.41) is 2.67. The lowest BCUT2D eigenvalue weighted by Crippen LogP contribution is -2.28. The van der Waals surface area contributed by atoms with Gasteiger partial charge in [0.2, 0.25) is 0 Å². The van der Waals surface area contributed by atoms with Gasteiger partial charge >= 0.3 is 5.97 Å². The fraction of sp³-hybridized carbons (Fsp3) is 0.318. The molecule has 0 aliphatic carbocycles. The minimum atomic E-state index is -0.602. The molecule has 0 radical (unpaired) electrons. The zero-order valence-corrected chi connectivity index (χ0v) is 17.4. The van der Waals surface area contributed by atoms with E-state index in [1.54, 1.807) is 43.5 Å². The second-order valence-corrected chi connectivity index (χ2v) is 6.39. The number of esters is 1. The van der Waals surface area contributed by atoms with E-state index in [-0.39, 0.29) is 18.7 Å². The molecule has 0 unspecified atom stereocenters. The van der Waals surface area contributed by atoms with Crippen molar-refractivity contribution >= 4 is 17.7 Å². The van der Waals surface area contributed by atoms with Crippen LogP contribution < -0.4 is 19.5 Å². The number of hydrogen-bond donors (Lipinski definition) is 1. The molecule has 0 atom stereocenters. The highest BCUT2D eigenvalue weighted by atomic mass is 16.5. The number of ketones is 1. The average molecular weight is 415 g/mol. The Kier molecular flexibility index (Phi) is 8.22. The monoisotopic (exact) mass is 415 g/mol. The third-order valence-corrected chi connectivity index (χ3v) is 4.32. The lowest BCUT2D eigenvalue weighted by molar-refractivity contribution is -0.147. The maximum atomic E-state index is 12.1. The van der Waals surface area contributed by atoms with Crippen LogP contribution in [-0.2, 0) is 27.3 Å². The van der Waals surface area contributed by atoms with E-state index in [0.29, 0.717) is 28.4 Å². The lowest BCUT2D eigenvalue weighted by Gasteiger charge is -2.11. The summed E-state index contributed by atoms with van der Waals surface area (Å²) in [6.07, 6.45) is -0.118. The van der Waals surface area contributed by atoms with Crippen LogP contribution in [0.2, 0.25) is 0 Å². The van der Waals surface area contributed by atoms with E-state index in [0.717, 1.165) is 5.56 Å². The number of carbonyl (C=O) groups excluding carboxylic acids is 3. The van der Waals surface area contributed by atoms with Crippen LogP contribution in [0.15, 0.2) is 36.4 Å². The summed E-state index contributed by atoms with van der Waals surface area (Å²) in [4.78, 5) is 35.7. The molecule has 30 heavy (non-hydrogen) atoms. The number of carbonyl (C=O) groups is 3. The lowest BCUT2D eigenvalue weighted by atomic mass is 10.0. The van der Waals surface area contributed by atoms with Crippen LogP contribution in [0, 0.1) is 0 Å². The zero-order valence-electron chi connectivity index (χ0n) is 17.4. The first kappa shape index (κ1) is 22.7. The standard InChI is InChI=1S/C22H25NO7/c1-14(24)16-6-8-18(27-2)17(10-16)11-22(26)30-13-21(25)23-12-15-5-7-19(28-3)20(9-15)29-4/h5-10H,11-13H2,1-4H3,(H,23,25). The Morgan fingerprint density at radius 1 is 0.867 bits per heavy atom. The van der Waals surface area contributed by atoms with Gasteiger partial charge in [-0.3, -0.25) is 14.4 Å². The fourth-order valence-corrected chi connectivity index (χ4v) is 2.73. The van der Waals surface area contributed by atoms with Crippen LogP contribution in [0.4, 0.5) is 0 Å². The number of hydrogen-bond acceptors (Lipinski definition) is 7. The van der Waals surface area contributed by atoms with E-state index in [1.165, 1.54) is 21.1 Å². The van der Waals surface area contributed by atoms with E-state index in [4.69, 9.17) is 18.9 Å². The molecule has 2 aromatic carbocycles. The topological polar surface area (TPSA) is 100 Å². The predicted molar refractivity (Wildman–Crippen MR) is 109 cm³/mol. The van der Waals surface area contributed by atoms with Crippen molar-refractivity contribution in [2.75, 3.05) is 27.9 Å². The number of nitrogens with one attached hydrogen (secondary N) is 1. The Hall–Kier alpha value is -3.55. The molecule has 0 heterocycles. The summed E-state index contributed by atoms with van der Waals surface area (Å²) in [5.74, 6) is 0.442. The molecule has 0 aromatic heterocycles. The Bertz CT molecular complexity index is 924.